The highest BCUT2D eigenvalue weighted by Crippen LogP contribution is 2.40. The molecule has 3 rings (SSSR count). The van der Waals surface area contributed by atoms with Crippen LogP contribution >= 0.6 is 0 Å². The molecule has 1 aromatic heterocycles. The average molecular weight is 292 g/mol. The van der Waals surface area contributed by atoms with E-state index in [0.29, 0.717) is 5.69 Å². The molecule has 3 atom stereocenters. The second kappa shape index (κ2) is 5.40. The molecule has 21 heavy (non-hydrogen) atoms. The van der Waals surface area contributed by atoms with E-state index >= 15 is 0 Å². The second-order valence-corrected chi connectivity index (χ2v) is 6.66. The minimum Gasteiger partial charge on any atom is -0.390 e. The van der Waals surface area contributed by atoms with Crippen LogP contribution in [-0.2, 0) is 7.05 Å². The molecule has 1 saturated carbocycles. The summed E-state index contributed by atoms with van der Waals surface area (Å²) in [6.07, 6.45) is 7.58. The van der Waals surface area contributed by atoms with Gasteiger partial charge >= 0.3 is 0 Å². The standard InChI is InChI=1S/C15H24N4O2/c1-15(21)8-4-3-6-11(15)12-7-5-9-19(12)14(20)13-10-16-17-18(13)2/h10-12,21H,3-9H2,1-2H3. The van der Waals surface area contributed by atoms with Crippen LogP contribution < -0.4 is 0 Å². The molecule has 0 aromatic carbocycles. The minimum absolute atomic E-state index is 0.00799. The van der Waals surface area contributed by atoms with E-state index in [2.05, 4.69) is 10.3 Å². The van der Waals surface area contributed by atoms with E-state index in [1.54, 1.807) is 7.05 Å². The maximum Gasteiger partial charge on any atom is 0.274 e. The lowest BCUT2D eigenvalue weighted by atomic mass is 9.72. The van der Waals surface area contributed by atoms with Gasteiger partial charge in [0.25, 0.3) is 5.91 Å². The van der Waals surface area contributed by atoms with Crippen molar-refractivity contribution >= 4 is 5.91 Å². The molecule has 1 aliphatic carbocycles. The number of aliphatic hydroxyl groups is 1. The highest BCUT2D eigenvalue weighted by atomic mass is 16.3. The molecule has 1 N–H and O–H groups in total. The van der Waals surface area contributed by atoms with Gasteiger partial charge in [0.15, 0.2) is 0 Å². The highest BCUT2D eigenvalue weighted by molar-refractivity contribution is 5.92. The molecule has 0 spiro atoms. The number of hydrogen-bond acceptors (Lipinski definition) is 4. The third kappa shape index (κ3) is 2.57. The van der Waals surface area contributed by atoms with Gasteiger partial charge in [-0.2, -0.15) is 0 Å². The number of carbonyl (C=O) groups excluding carboxylic acids is 1. The summed E-state index contributed by atoms with van der Waals surface area (Å²) in [6, 6.07) is 0.141. The first-order valence-electron chi connectivity index (χ1n) is 7.89. The molecule has 116 valence electrons. The average Bonchev–Trinajstić information content (AvgIpc) is 3.06. The summed E-state index contributed by atoms with van der Waals surface area (Å²) in [4.78, 5) is 14.7. The van der Waals surface area contributed by atoms with Gasteiger partial charge in [-0.05, 0) is 32.6 Å². The second-order valence-electron chi connectivity index (χ2n) is 6.66. The summed E-state index contributed by atoms with van der Waals surface area (Å²) in [5, 5.41) is 18.4. The van der Waals surface area contributed by atoms with E-state index in [1.165, 1.54) is 10.9 Å². The van der Waals surface area contributed by atoms with Crippen molar-refractivity contribution in [2.75, 3.05) is 6.54 Å². The van der Waals surface area contributed by atoms with Crippen LogP contribution in [0.1, 0.15) is 55.9 Å². The summed E-state index contributed by atoms with van der Waals surface area (Å²) in [6.45, 7) is 2.70. The zero-order chi connectivity index (χ0) is 15.0. The Balaban J connectivity index is 1.82. The van der Waals surface area contributed by atoms with Gasteiger partial charge in [-0.25, -0.2) is 4.68 Å². The van der Waals surface area contributed by atoms with E-state index in [4.69, 9.17) is 0 Å². The van der Waals surface area contributed by atoms with Crippen molar-refractivity contribution in [1.82, 2.24) is 19.9 Å². The monoisotopic (exact) mass is 292 g/mol. The number of amides is 1. The zero-order valence-corrected chi connectivity index (χ0v) is 12.8. The molecule has 1 saturated heterocycles. The predicted molar refractivity (Wildman–Crippen MR) is 77.6 cm³/mol. The number of aryl methyl sites for hydroxylation is 1. The van der Waals surface area contributed by atoms with E-state index in [0.717, 1.165) is 45.1 Å². The Morgan fingerprint density at radius 2 is 2.19 bits per heavy atom. The quantitative estimate of drug-likeness (QED) is 0.893. The minimum atomic E-state index is -0.656. The molecule has 6 nitrogen and oxygen atoms in total. The summed E-state index contributed by atoms with van der Waals surface area (Å²) < 4.78 is 1.52. The lowest BCUT2D eigenvalue weighted by Gasteiger charge is -2.43. The molecule has 0 bridgehead atoms. The summed E-state index contributed by atoms with van der Waals surface area (Å²) in [7, 11) is 1.74. The van der Waals surface area contributed by atoms with Crippen LogP contribution in [0.4, 0.5) is 0 Å². The van der Waals surface area contributed by atoms with Crippen LogP contribution in [0.3, 0.4) is 0 Å². The fourth-order valence-corrected chi connectivity index (χ4v) is 4.04. The Hall–Kier alpha value is -1.43. The van der Waals surface area contributed by atoms with Crippen molar-refractivity contribution in [2.45, 2.75) is 57.1 Å². The number of nitrogens with zero attached hydrogens (tertiary/aromatic N) is 4. The van der Waals surface area contributed by atoms with Gasteiger partial charge in [-0.15, -0.1) is 5.10 Å². The van der Waals surface area contributed by atoms with Gasteiger partial charge in [-0.3, -0.25) is 4.79 Å². The summed E-state index contributed by atoms with van der Waals surface area (Å²) in [5.41, 5.74) is -0.131. The lowest BCUT2D eigenvalue weighted by molar-refractivity contribution is -0.0578. The molecule has 1 amide bonds. The van der Waals surface area contributed by atoms with E-state index < -0.39 is 5.60 Å². The van der Waals surface area contributed by atoms with Crippen molar-refractivity contribution in [1.29, 1.82) is 0 Å². The topological polar surface area (TPSA) is 71.2 Å². The van der Waals surface area contributed by atoms with E-state index in [-0.39, 0.29) is 17.9 Å². The van der Waals surface area contributed by atoms with Crippen LogP contribution in [0, 0.1) is 5.92 Å². The van der Waals surface area contributed by atoms with Crippen LogP contribution in [0.5, 0.6) is 0 Å². The predicted octanol–water partition coefficient (Wildman–Crippen LogP) is 1.36. The van der Waals surface area contributed by atoms with Crippen molar-refractivity contribution < 1.29 is 9.90 Å². The number of aromatic nitrogens is 3. The van der Waals surface area contributed by atoms with Crippen LogP contribution in [0.2, 0.25) is 0 Å². The first-order chi connectivity index (χ1) is 10.0. The van der Waals surface area contributed by atoms with Gasteiger partial charge in [0.1, 0.15) is 5.69 Å². The molecule has 1 aliphatic heterocycles. The lowest BCUT2D eigenvalue weighted by Crippen LogP contribution is -2.50. The number of carbonyl (C=O) groups is 1. The molecule has 6 heteroatoms. The zero-order valence-electron chi connectivity index (χ0n) is 12.8. The number of likely N-dealkylation sites (tertiary alicyclic amines) is 1. The SMILES string of the molecule is Cn1nncc1C(=O)N1CCCC1C1CCCCC1(C)O. The highest BCUT2D eigenvalue weighted by Gasteiger charge is 2.45. The Morgan fingerprint density at radius 3 is 2.86 bits per heavy atom. The van der Waals surface area contributed by atoms with Crippen molar-refractivity contribution in [3.8, 4) is 0 Å². The molecule has 2 aliphatic rings. The van der Waals surface area contributed by atoms with Crippen LogP contribution in [0.25, 0.3) is 0 Å². The Kier molecular flexibility index (Phi) is 3.73. The third-order valence-corrected chi connectivity index (χ3v) is 5.20. The fourth-order valence-electron chi connectivity index (χ4n) is 4.04. The largest absolute Gasteiger partial charge is 0.390 e. The molecule has 0 radical (unpaired) electrons. The van der Waals surface area contributed by atoms with Crippen molar-refractivity contribution in [2.24, 2.45) is 13.0 Å². The normalized spacial score (nSPS) is 33.4. The maximum atomic E-state index is 12.7. The first kappa shape index (κ1) is 14.5. The fraction of sp³-hybridized carbons (Fsp3) is 0.800. The number of hydrogen-bond donors (Lipinski definition) is 1. The Labute approximate surface area is 125 Å². The molecule has 2 heterocycles. The van der Waals surface area contributed by atoms with Gasteiger partial charge in [0.05, 0.1) is 11.8 Å². The third-order valence-electron chi connectivity index (χ3n) is 5.20. The van der Waals surface area contributed by atoms with Crippen molar-refractivity contribution in [3.63, 3.8) is 0 Å². The summed E-state index contributed by atoms with van der Waals surface area (Å²) >= 11 is 0. The maximum absolute atomic E-state index is 12.7. The Bertz CT molecular complexity index is 525. The van der Waals surface area contributed by atoms with Gasteiger partial charge in [0, 0.05) is 25.6 Å². The van der Waals surface area contributed by atoms with E-state index in [9.17, 15) is 9.90 Å². The number of rotatable bonds is 2. The van der Waals surface area contributed by atoms with Crippen LogP contribution in [-0.4, -0.2) is 49.1 Å². The molecule has 3 unspecified atom stereocenters. The molecular formula is C15H24N4O2. The molecule has 2 fully saturated rings. The smallest absolute Gasteiger partial charge is 0.274 e. The summed E-state index contributed by atoms with van der Waals surface area (Å²) in [5.74, 6) is 0.172. The van der Waals surface area contributed by atoms with Gasteiger partial charge < -0.3 is 10.0 Å². The molecular weight excluding hydrogens is 268 g/mol. The molecule has 1 aromatic rings. The van der Waals surface area contributed by atoms with Crippen molar-refractivity contribution in [3.05, 3.63) is 11.9 Å². The van der Waals surface area contributed by atoms with Crippen LogP contribution in [0.15, 0.2) is 6.20 Å². The van der Waals surface area contributed by atoms with E-state index in [1.807, 2.05) is 11.8 Å². The Morgan fingerprint density at radius 1 is 1.38 bits per heavy atom. The van der Waals surface area contributed by atoms with Gasteiger partial charge in [-0.1, -0.05) is 18.1 Å². The first-order valence-corrected chi connectivity index (χ1v) is 7.89. The van der Waals surface area contributed by atoms with Gasteiger partial charge in [0.2, 0.25) is 0 Å².